The number of rotatable bonds is 0. The Labute approximate surface area is 59.8 Å². The van der Waals surface area contributed by atoms with Gasteiger partial charge in [0, 0.05) is 6.42 Å². The summed E-state index contributed by atoms with van der Waals surface area (Å²) < 4.78 is 5.13. The van der Waals surface area contributed by atoms with Gasteiger partial charge in [0.1, 0.15) is 0 Å². The van der Waals surface area contributed by atoms with Crippen molar-refractivity contribution < 1.29 is 4.74 Å². The molecule has 3 heteroatoms. The minimum absolute atomic E-state index is 0.194. The monoisotopic (exact) mass is 148 g/mol. The molecule has 0 spiro atoms. The van der Waals surface area contributed by atoms with Crippen molar-refractivity contribution in [2.75, 3.05) is 0 Å². The van der Waals surface area contributed by atoms with Gasteiger partial charge in [0.05, 0.1) is 11.4 Å². The van der Waals surface area contributed by atoms with Crippen LogP contribution >= 0.6 is 24.8 Å². The van der Waals surface area contributed by atoms with Gasteiger partial charge in [0.25, 0.3) is 0 Å². The lowest BCUT2D eigenvalue weighted by atomic mass is 10.3. The fourth-order valence-electron chi connectivity index (χ4n) is 0.736. The molecule has 2 unspecified atom stereocenters. The molecule has 1 nitrogen and oxygen atoms in total. The average Bonchev–Trinajstić information content (AvgIpc) is 1.85. The maximum Gasteiger partial charge on any atom is 0.172 e. The first-order valence-electron chi connectivity index (χ1n) is 2.58. The molecule has 8 heavy (non-hydrogen) atoms. The molecular formula is C5H8OS2. The van der Waals surface area contributed by atoms with Crippen LogP contribution in [0.25, 0.3) is 0 Å². The van der Waals surface area contributed by atoms with Crippen molar-refractivity contribution in [3.63, 3.8) is 0 Å². The third-order valence-corrected chi connectivity index (χ3v) is 2.15. The summed E-state index contributed by atoms with van der Waals surface area (Å²) in [5.74, 6) is 0. The van der Waals surface area contributed by atoms with E-state index in [1.807, 2.05) is 6.92 Å². The number of ether oxygens (including phenoxy) is 1. The Hall–Kier alpha value is 0.240. The molecule has 0 aromatic carbocycles. The molecule has 0 bridgehead atoms. The van der Waals surface area contributed by atoms with E-state index in [9.17, 15) is 0 Å². The predicted molar refractivity (Wildman–Crippen MR) is 40.5 cm³/mol. The molecule has 1 aliphatic heterocycles. The predicted octanol–water partition coefficient (Wildman–Crippen LogP) is 1.42. The van der Waals surface area contributed by atoms with Crippen LogP contribution in [0.3, 0.4) is 0 Å². The smallest absolute Gasteiger partial charge is 0.172 e. The summed E-state index contributed by atoms with van der Waals surface area (Å²) in [5, 5.41) is 0.848. The van der Waals surface area contributed by atoms with Gasteiger partial charge in [-0.1, -0.05) is 0 Å². The molecule has 1 rings (SSSR count). The Morgan fingerprint density at radius 1 is 1.88 bits per heavy atom. The molecular weight excluding hydrogens is 140 g/mol. The standard InChI is InChI=1S/C5H8OS2/c1-3-2-4(7)5(8)6-3/h3-4,7H,2H2,1H3. The van der Waals surface area contributed by atoms with E-state index in [1.165, 1.54) is 0 Å². The molecule has 1 heterocycles. The molecule has 0 N–H and O–H groups in total. The first-order chi connectivity index (χ1) is 3.70. The van der Waals surface area contributed by atoms with E-state index in [4.69, 9.17) is 17.0 Å². The highest BCUT2D eigenvalue weighted by atomic mass is 32.1. The zero-order valence-electron chi connectivity index (χ0n) is 4.63. The number of hydrogen-bond acceptors (Lipinski definition) is 3. The van der Waals surface area contributed by atoms with Crippen LogP contribution in [0.4, 0.5) is 0 Å². The number of thiocarbonyl (C=S) groups is 1. The molecule has 1 fully saturated rings. The highest BCUT2D eigenvalue weighted by Crippen LogP contribution is 2.19. The van der Waals surface area contributed by atoms with Crippen molar-refractivity contribution >= 4 is 29.9 Å². The van der Waals surface area contributed by atoms with Crippen LogP contribution in [0.15, 0.2) is 0 Å². The summed E-state index contributed by atoms with van der Waals surface area (Å²) in [5.41, 5.74) is 0. The lowest BCUT2D eigenvalue weighted by Gasteiger charge is -1.97. The third kappa shape index (κ3) is 1.14. The van der Waals surface area contributed by atoms with Gasteiger partial charge in [-0.15, -0.1) is 0 Å². The van der Waals surface area contributed by atoms with Crippen LogP contribution in [0.5, 0.6) is 0 Å². The van der Waals surface area contributed by atoms with Gasteiger partial charge in [-0.25, -0.2) is 0 Å². The SMILES string of the molecule is CC1CC(S)C(=S)O1. The normalized spacial score (nSPS) is 37.5. The van der Waals surface area contributed by atoms with Crippen LogP contribution in [0, 0.1) is 0 Å². The van der Waals surface area contributed by atoms with Crippen LogP contribution in [-0.2, 0) is 4.74 Å². The lowest BCUT2D eigenvalue weighted by Crippen LogP contribution is -2.02. The van der Waals surface area contributed by atoms with Gasteiger partial charge in [-0.3, -0.25) is 0 Å². The largest absolute Gasteiger partial charge is 0.483 e. The zero-order chi connectivity index (χ0) is 6.15. The van der Waals surface area contributed by atoms with E-state index in [0.29, 0.717) is 5.05 Å². The Kier molecular flexibility index (Phi) is 1.77. The van der Waals surface area contributed by atoms with Crippen LogP contribution in [0.1, 0.15) is 13.3 Å². The Morgan fingerprint density at radius 2 is 2.50 bits per heavy atom. The zero-order valence-corrected chi connectivity index (χ0v) is 6.34. The number of hydrogen-bond donors (Lipinski definition) is 1. The maximum absolute atomic E-state index is 5.13. The Balaban J connectivity index is 2.51. The molecule has 2 atom stereocenters. The second kappa shape index (κ2) is 2.23. The Morgan fingerprint density at radius 3 is 2.62 bits per heavy atom. The molecule has 0 amide bonds. The second-order valence-electron chi connectivity index (χ2n) is 2.00. The molecule has 0 aromatic rings. The van der Waals surface area contributed by atoms with Crippen molar-refractivity contribution in [1.29, 1.82) is 0 Å². The second-order valence-corrected chi connectivity index (χ2v) is 3.02. The number of thiol groups is 1. The minimum Gasteiger partial charge on any atom is -0.483 e. The minimum atomic E-state index is 0.194. The summed E-state index contributed by atoms with van der Waals surface area (Å²) in [6, 6.07) is 0. The highest BCUT2D eigenvalue weighted by Gasteiger charge is 2.24. The molecule has 46 valence electrons. The van der Waals surface area contributed by atoms with E-state index in [1.54, 1.807) is 0 Å². The molecule has 0 aliphatic carbocycles. The van der Waals surface area contributed by atoms with Gasteiger partial charge >= 0.3 is 0 Å². The van der Waals surface area contributed by atoms with E-state index in [0.717, 1.165) is 6.42 Å². The van der Waals surface area contributed by atoms with Crippen molar-refractivity contribution in [2.24, 2.45) is 0 Å². The van der Waals surface area contributed by atoms with Crippen molar-refractivity contribution in [3.05, 3.63) is 0 Å². The van der Waals surface area contributed by atoms with Gasteiger partial charge in [0.15, 0.2) is 5.05 Å². The van der Waals surface area contributed by atoms with Crippen molar-refractivity contribution in [3.8, 4) is 0 Å². The van der Waals surface area contributed by atoms with Gasteiger partial charge in [-0.2, -0.15) is 12.6 Å². The van der Waals surface area contributed by atoms with E-state index in [-0.39, 0.29) is 11.4 Å². The third-order valence-electron chi connectivity index (χ3n) is 1.14. The molecule has 1 aliphatic rings. The van der Waals surface area contributed by atoms with Crippen molar-refractivity contribution in [1.82, 2.24) is 0 Å². The Bertz CT molecular complexity index is 113. The lowest BCUT2D eigenvalue weighted by molar-refractivity contribution is 0.246. The van der Waals surface area contributed by atoms with Crippen LogP contribution in [-0.4, -0.2) is 16.4 Å². The summed E-state index contributed by atoms with van der Waals surface area (Å²) in [6.45, 7) is 2.00. The summed E-state index contributed by atoms with van der Waals surface area (Å²) in [4.78, 5) is 0. The summed E-state index contributed by atoms with van der Waals surface area (Å²) in [6.07, 6.45) is 1.24. The fraction of sp³-hybridized carbons (Fsp3) is 0.800. The first-order valence-corrected chi connectivity index (χ1v) is 3.51. The quantitative estimate of drug-likeness (QED) is 0.411. The highest BCUT2D eigenvalue weighted by molar-refractivity contribution is 7.86. The fourth-order valence-corrected chi connectivity index (χ4v) is 1.35. The summed E-state index contributed by atoms with van der Waals surface area (Å²) in [7, 11) is 0. The van der Waals surface area contributed by atoms with Crippen molar-refractivity contribution in [2.45, 2.75) is 24.7 Å². The molecule has 1 saturated heterocycles. The van der Waals surface area contributed by atoms with E-state index < -0.39 is 0 Å². The van der Waals surface area contributed by atoms with Crippen LogP contribution in [0.2, 0.25) is 0 Å². The molecule has 0 radical (unpaired) electrons. The van der Waals surface area contributed by atoms with E-state index >= 15 is 0 Å². The molecule has 0 saturated carbocycles. The van der Waals surface area contributed by atoms with Crippen LogP contribution < -0.4 is 0 Å². The van der Waals surface area contributed by atoms with Gasteiger partial charge in [-0.05, 0) is 19.1 Å². The summed E-state index contributed by atoms with van der Waals surface area (Å²) >= 11 is 9.00. The topological polar surface area (TPSA) is 9.23 Å². The van der Waals surface area contributed by atoms with Gasteiger partial charge in [0.2, 0.25) is 0 Å². The maximum atomic E-state index is 5.13. The van der Waals surface area contributed by atoms with E-state index in [2.05, 4.69) is 12.6 Å². The average molecular weight is 148 g/mol. The molecule has 0 aromatic heterocycles. The van der Waals surface area contributed by atoms with Gasteiger partial charge < -0.3 is 4.74 Å². The first kappa shape index (κ1) is 6.36.